The fourth-order valence-electron chi connectivity index (χ4n) is 3.84. The lowest BCUT2D eigenvalue weighted by Gasteiger charge is -2.23. The van der Waals surface area contributed by atoms with E-state index in [1.54, 1.807) is 36.1 Å². The van der Waals surface area contributed by atoms with E-state index in [2.05, 4.69) is 10.2 Å². The summed E-state index contributed by atoms with van der Waals surface area (Å²) in [6.45, 7) is 3.50. The van der Waals surface area contributed by atoms with E-state index in [1.807, 2.05) is 18.2 Å². The van der Waals surface area contributed by atoms with Gasteiger partial charge < -0.3 is 23.5 Å². The molecule has 2 aromatic carbocycles. The van der Waals surface area contributed by atoms with Crippen molar-refractivity contribution >= 4 is 23.5 Å². The zero-order valence-electron chi connectivity index (χ0n) is 20.2. The number of para-hydroxylation sites is 1. The Kier molecular flexibility index (Phi) is 7.47. The Bertz CT molecular complexity index is 1270. The maximum absolute atomic E-state index is 13.7. The number of amides is 2. The molecule has 0 aliphatic carbocycles. The van der Waals surface area contributed by atoms with Gasteiger partial charge in [-0.3, -0.25) is 19.3 Å². The number of fused-ring (bicyclic) bond motifs is 1. The fraction of sp³-hybridized carbons (Fsp3) is 0.320. The van der Waals surface area contributed by atoms with Crippen LogP contribution in [0.3, 0.4) is 0 Å². The highest BCUT2D eigenvalue weighted by molar-refractivity contribution is 6.11. The van der Waals surface area contributed by atoms with E-state index < -0.39 is 11.9 Å². The molecule has 0 saturated heterocycles. The monoisotopic (exact) mass is 494 g/mol. The topological polar surface area (TPSA) is 124 Å². The standard InChI is InChI=1S/C25H26N4O7/c1-16-26-27-23(36-16)14-28-13-18-6-4-5-7-21(18)29(15-24(28)31)25(32)20-9-8-19(12-22(20)33-3)35-11-10-34-17(2)30/h4-9,12H,10-11,13-15H2,1-3H3. The lowest BCUT2D eigenvalue weighted by atomic mass is 10.1. The number of carbonyl (C=O) groups excluding carboxylic acids is 3. The van der Waals surface area contributed by atoms with Crippen LogP contribution in [0.4, 0.5) is 5.69 Å². The third-order valence-corrected chi connectivity index (χ3v) is 5.49. The van der Waals surface area contributed by atoms with Gasteiger partial charge in [0.05, 0.1) is 19.2 Å². The second-order valence-corrected chi connectivity index (χ2v) is 8.04. The van der Waals surface area contributed by atoms with Crippen LogP contribution in [0.2, 0.25) is 0 Å². The van der Waals surface area contributed by atoms with Crippen LogP contribution in [0.1, 0.15) is 34.6 Å². The molecule has 188 valence electrons. The van der Waals surface area contributed by atoms with Crippen LogP contribution in [-0.4, -0.2) is 59.7 Å². The number of ether oxygens (including phenoxy) is 3. The number of hydrogen-bond donors (Lipinski definition) is 0. The summed E-state index contributed by atoms with van der Waals surface area (Å²) >= 11 is 0. The van der Waals surface area contributed by atoms with Crippen molar-refractivity contribution in [2.45, 2.75) is 26.9 Å². The molecule has 0 saturated carbocycles. The van der Waals surface area contributed by atoms with Crippen molar-refractivity contribution in [3.05, 3.63) is 65.4 Å². The Morgan fingerprint density at radius 3 is 2.61 bits per heavy atom. The number of benzene rings is 2. The van der Waals surface area contributed by atoms with Gasteiger partial charge in [0, 0.05) is 32.1 Å². The summed E-state index contributed by atoms with van der Waals surface area (Å²) in [5.74, 6) is 0.422. The predicted octanol–water partition coefficient (Wildman–Crippen LogP) is 2.52. The molecule has 1 aromatic heterocycles. The van der Waals surface area contributed by atoms with E-state index in [-0.39, 0.29) is 50.1 Å². The van der Waals surface area contributed by atoms with Crippen LogP contribution in [-0.2, 0) is 27.4 Å². The highest BCUT2D eigenvalue weighted by Crippen LogP contribution is 2.31. The van der Waals surface area contributed by atoms with Crippen molar-refractivity contribution in [2.75, 3.05) is 31.8 Å². The van der Waals surface area contributed by atoms with Crippen LogP contribution >= 0.6 is 0 Å². The minimum atomic E-state index is -0.394. The number of nitrogens with zero attached hydrogens (tertiary/aromatic N) is 4. The number of aryl methyl sites for hydroxylation is 1. The summed E-state index contributed by atoms with van der Waals surface area (Å²) in [7, 11) is 1.45. The first kappa shape index (κ1) is 24.7. The number of methoxy groups -OCH3 is 1. The summed E-state index contributed by atoms with van der Waals surface area (Å²) < 4.78 is 21.3. The lowest BCUT2D eigenvalue weighted by Crippen LogP contribution is -2.40. The molecule has 3 aromatic rings. The molecule has 11 nitrogen and oxygen atoms in total. The SMILES string of the molecule is COc1cc(OCCOC(C)=O)ccc1C(=O)N1CC(=O)N(Cc2nnc(C)o2)Cc2ccccc21. The molecule has 4 rings (SSSR count). The van der Waals surface area contributed by atoms with Crippen LogP contribution in [0, 0.1) is 6.92 Å². The largest absolute Gasteiger partial charge is 0.496 e. The summed E-state index contributed by atoms with van der Waals surface area (Å²) in [6.07, 6.45) is 0. The van der Waals surface area contributed by atoms with Crippen LogP contribution < -0.4 is 14.4 Å². The molecule has 11 heteroatoms. The number of rotatable bonds is 8. The highest BCUT2D eigenvalue weighted by Gasteiger charge is 2.31. The van der Waals surface area contributed by atoms with Gasteiger partial charge in [-0.1, -0.05) is 18.2 Å². The quantitative estimate of drug-likeness (QED) is 0.343. The van der Waals surface area contributed by atoms with E-state index in [1.165, 1.54) is 18.9 Å². The Labute approximate surface area is 207 Å². The van der Waals surface area contributed by atoms with Crippen LogP contribution in [0.5, 0.6) is 11.5 Å². The normalized spacial score (nSPS) is 13.1. The molecule has 0 N–H and O–H groups in total. The maximum atomic E-state index is 13.7. The minimum absolute atomic E-state index is 0.102. The zero-order valence-corrected chi connectivity index (χ0v) is 20.2. The lowest BCUT2D eigenvalue weighted by molar-refractivity contribution is -0.141. The Morgan fingerprint density at radius 2 is 1.89 bits per heavy atom. The molecule has 2 heterocycles. The van der Waals surface area contributed by atoms with Crippen molar-refractivity contribution < 1.29 is 33.0 Å². The predicted molar refractivity (Wildman–Crippen MR) is 127 cm³/mol. The molecule has 36 heavy (non-hydrogen) atoms. The van der Waals surface area contributed by atoms with Crippen molar-refractivity contribution in [1.29, 1.82) is 0 Å². The first-order valence-electron chi connectivity index (χ1n) is 11.3. The van der Waals surface area contributed by atoms with Crippen molar-refractivity contribution in [1.82, 2.24) is 15.1 Å². The molecule has 0 spiro atoms. The third kappa shape index (κ3) is 5.62. The van der Waals surface area contributed by atoms with E-state index in [4.69, 9.17) is 18.6 Å². The number of hydrogen-bond acceptors (Lipinski definition) is 9. The molecule has 0 atom stereocenters. The molecule has 0 fully saturated rings. The second kappa shape index (κ2) is 10.9. The minimum Gasteiger partial charge on any atom is -0.496 e. The molecule has 1 aliphatic rings. The molecule has 0 unspecified atom stereocenters. The maximum Gasteiger partial charge on any atom is 0.302 e. The summed E-state index contributed by atoms with van der Waals surface area (Å²) in [5, 5.41) is 7.80. The van der Waals surface area contributed by atoms with E-state index in [0.29, 0.717) is 23.2 Å². The number of esters is 1. The smallest absolute Gasteiger partial charge is 0.302 e. The first-order chi connectivity index (χ1) is 17.4. The average Bonchev–Trinajstić information content (AvgIpc) is 3.22. The summed E-state index contributed by atoms with van der Waals surface area (Å²) in [6, 6.07) is 12.1. The molecular weight excluding hydrogens is 468 g/mol. The van der Waals surface area contributed by atoms with E-state index in [0.717, 1.165) is 5.56 Å². The van der Waals surface area contributed by atoms with Crippen molar-refractivity contribution in [3.63, 3.8) is 0 Å². The summed E-state index contributed by atoms with van der Waals surface area (Å²) in [5.41, 5.74) is 1.70. The highest BCUT2D eigenvalue weighted by atomic mass is 16.6. The third-order valence-electron chi connectivity index (χ3n) is 5.49. The zero-order chi connectivity index (χ0) is 25.7. The molecule has 2 amide bonds. The average molecular weight is 495 g/mol. The van der Waals surface area contributed by atoms with Gasteiger partial charge in [-0.2, -0.15) is 0 Å². The van der Waals surface area contributed by atoms with Gasteiger partial charge in [-0.25, -0.2) is 0 Å². The molecular formula is C25H26N4O7. The van der Waals surface area contributed by atoms with Gasteiger partial charge in [0.15, 0.2) is 0 Å². The van der Waals surface area contributed by atoms with Gasteiger partial charge in [0.2, 0.25) is 17.7 Å². The van der Waals surface area contributed by atoms with Crippen molar-refractivity contribution in [2.24, 2.45) is 0 Å². The Morgan fingerprint density at radius 1 is 1.08 bits per heavy atom. The first-order valence-corrected chi connectivity index (χ1v) is 11.3. The summed E-state index contributed by atoms with van der Waals surface area (Å²) in [4.78, 5) is 40.8. The molecule has 1 aliphatic heterocycles. The molecule has 0 radical (unpaired) electrons. The Balaban J connectivity index is 1.57. The van der Waals surface area contributed by atoms with Crippen molar-refractivity contribution in [3.8, 4) is 11.5 Å². The number of anilines is 1. The fourth-order valence-corrected chi connectivity index (χ4v) is 3.84. The van der Waals surface area contributed by atoms with Gasteiger partial charge >= 0.3 is 5.97 Å². The second-order valence-electron chi connectivity index (χ2n) is 8.04. The van der Waals surface area contributed by atoms with Gasteiger partial charge in [0.1, 0.15) is 31.3 Å². The van der Waals surface area contributed by atoms with Gasteiger partial charge in [-0.05, 0) is 23.8 Å². The number of carbonyl (C=O) groups is 3. The molecule has 0 bridgehead atoms. The van der Waals surface area contributed by atoms with Crippen LogP contribution in [0.25, 0.3) is 0 Å². The van der Waals surface area contributed by atoms with E-state index in [9.17, 15) is 14.4 Å². The van der Waals surface area contributed by atoms with Gasteiger partial charge in [-0.15, -0.1) is 10.2 Å². The van der Waals surface area contributed by atoms with Crippen LogP contribution in [0.15, 0.2) is 46.9 Å². The van der Waals surface area contributed by atoms with E-state index >= 15 is 0 Å². The van der Waals surface area contributed by atoms with Gasteiger partial charge in [0.25, 0.3) is 5.91 Å². The Hall–Kier alpha value is -4.41. The number of aromatic nitrogens is 2.